The fraction of sp³-hybridized carbons (Fsp3) is 0.133. The molecule has 90 valence electrons. The Bertz CT molecular complexity index is 670. The van der Waals surface area contributed by atoms with Crippen LogP contribution in [0.3, 0.4) is 0 Å². The smallest absolute Gasteiger partial charge is 0.128 e. The summed E-state index contributed by atoms with van der Waals surface area (Å²) in [4.78, 5) is 0. The van der Waals surface area contributed by atoms with Crippen molar-refractivity contribution in [1.82, 2.24) is 9.78 Å². The molecule has 18 heavy (non-hydrogen) atoms. The molecular weight excluding hydrogens is 222 g/mol. The lowest BCUT2D eigenvalue weighted by atomic mass is 10.1. The second-order valence-corrected chi connectivity index (χ2v) is 4.22. The van der Waals surface area contributed by atoms with E-state index in [0.29, 0.717) is 0 Å². The van der Waals surface area contributed by atoms with Gasteiger partial charge in [-0.05, 0) is 29.8 Å². The molecule has 3 nitrogen and oxygen atoms in total. The van der Waals surface area contributed by atoms with E-state index in [9.17, 15) is 0 Å². The Labute approximate surface area is 106 Å². The summed E-state index contributed by atoms with van der Waals surface area (Å²) >= 11 is 0. The molecule has 0 aliphatic carbocycles. The number of anilines is 2. The summed E-state index contributed by atoms with van der Waals surface area (Å²) in [6.45, 7) is 2.95. The van der Waals surface area contributed by atoms with E-state index in [1.807, 2.05) is 16.9 Å². The molecule has 0 spiro atoms. The molecule has 1 heterocycles. The highest BCUT2D eigenvalue weighted by molar-refractivity contribution is 5.86. The Morgan fingerprint density at radius 3 is 2.72 bits per heavy atom. The number of nitrogens with zero attached hydrogens (tertiary/aromatic N) is 2. The standard InChI is InChI=1S/C15H15N3/c1-2-18-15(9-10-16-18)17-14-8-7-12-5-3-4-6-13(12)11-14/h3-11,17H,2H2,1H3. The minimum Gasteiger partial charge on any atom is -0.340 e. The van der Waals surface area contributed by atoms with Crippen molar-refractivity contribution in [1.29, 1.82) is 0 Å². The molecule has 0 radical (unpaired) electrons. The normalized spacial score (nSPS) is 10.7. The van der Waals surface area contributed by atoms with E-state index in [4.69, 9.17) is 0 Å². The van der Waals surface area contributed by atoms with E-state index in [-0.39, 0.29) is 0 Å². The van der Waals surface area contributed by atoms with Crippen molar-refractivity contribution in [2.45, 2.75) is 13.5 Å². The minimum absolute atomic E-state index is 0.864. The van der Waals surface area contributed by atoms with Gasteiger partial charge in [0.2, 0.25) is 0 Å². The zero-order chi connectivity index (χ0) is 12.4. The van der Waals surface area contributed by atoms with E-state index in [0.717, 1.165) is 18.1 Å². The molecule has 0 saturated heterocycles. The quantitative estimate of drug-likeness (QED) is 0.751. The molecular formula is C15H15N3. The maximum absolute atomic E-state index is 4.25. The van der Waals surface area contributed by atoms with Crippen molar-refractivity contribution in [2.75, 3.05) is 5.32 Å². The van der Waals surface area contributed by atoms with Gasteiger partial charge in [-0.15, -0.1) is 0 Å². The molecule has 0 aliphatic rings. The predicted molar refractivity (Wildman–Crippen MR) is 75.1 cm³/mol. The van der Waals surface area contributed by atoms with Crippen LogP contribution < -0.4 is 5.32 Å². The van der Waals surface area contributed by atoms with Crippen LogP contribution in [0.2, 0.25) is 0 Å². The average Bonchev–Trinajstić information content (AvgIpc) is 2.86. The molecule has 0 unspecified atom stereocenters. The number of fused-ring (bicyclic) bond motifs is 1. The number of nitrogens with one attached hydrogen (secondary N) is 1. The molecule has 2 aromatic carbocycles. The lowest BCUT2D eigenvalue weighted by Gasteiger charge is -2.09. The Morgan fingerprint density at radius 1 is 1.06 bits per heavy atom. The minimum atomic E-state index is 0.864. The van der Waals surface area contributed by atoms with E-state index in [1.54, 1.807) is 0 Å². The summed E-state index contributed by atoms with van der Waals surface area (Å²) in [7, 11) is 0. The third-order valence-electron chi connectivity index (χ3n) is 3.04. The maximum Gasteiger partial charge on any atom is 0.128 e. The topological polar surface area (TPSA) is 29.9 Å². The van der Waals surface area contributed by atoms with Crippen molar-refractivity contribution >= 4 is 22.3 Å². The zero-order valence-electron chi connectivity index (χ0n) is 10.3. The van der Waals surface area contributed by atoms with Crippen LogP contribution in [0.4, 0.5) is 11.5 Å². The van der Waals surface area contributed by atoms with E-state index in [2.05, 4.69) is 59.8 Å². The summed E-state index contributed by atoms with van der Waals surface area (Å²) in [6, 6.07) is 16.7. The van der Waals surface area contributed by atoms with Gasteiger partial charge in [-0.2, -0.15) is 5.10 Å². The van der Waals surface area contributed by atoms with Crippen molar-refractivity contribution in [3.8, 4) is 0 Å². The predicted octanol–water partition coefficient (Wildman–Crippen LogP) is 3.80. The van der Waals surface area contributed by atoms with Gasteiger partial charge in [-0.3, -0.25) is 0 Å². The van der Waals surface area contributed by atoms with E-state index >= 15 is 0 Å². The summed E-state index contributed by atoms with van der Waals surface area (Å²) in [5, 5.41) is 10.1. The number of aryl methyl sites for hydroxylation is 1. The Morgan fingerprint density at radius 2 is 1.89 bits per heavy atom. The Hall–Kier alpha value is -2.29. The van der Waals surface area contributed by atoms with Crippen molar-refractivity contribution in [3.63, 3.8) is 0 Å². The molecule has 0 aliphatic heterocycles. The maximum atomic E-state index is 4.25. The molecule has 0 bridgehead atoms. The van der Waals surface area contributed by atoms with Gasteiger partial charge in [0.05, 0.1) is 6.20 Å². The highest BCUT2D eigenvalue weighted by Crippen LogP contribution is 2.22. The van der Waals surface area contributed by atoms with Crippen LogP contribution in [0.25, 0.3) is 10.8 Å². The number of hydrogen-bond acceptors (Lipinski definition) is 2. The average molecular weight is 237 g/mol. The Kier molecular flexibility index (Phi) is 2.73. The first-order chi connectivity index (χ1) is 8.86. The molecule has 0 saturated carbocycles. The van der Waals surface area contributed by atoms with Gasteiger partial charge in [0.15, 0.2) is 0 Å². The van der Waals surface area contributed by atoms with Gasteiger partial charge < -0.3 is 5.32 Å². The van der Waals surface area contributed by atoms with Crippen molar-refractivity contribution in [3.05, 3.63) is 54.7 Å². The lowest BCUT2D eigenvalue weighted by Crippen LogP contribution is -2.02. The summed E-state index contributed by atoms with van der Waals surface area (Å²) in [5.41, 5.74) is 1.09. The first kappa shape index (κ1) is 10.8. The second-order valence-electron chi connectivity index (χ2n) is 4.22. The van der Waals surface area contributed by atoms with E-state index < -0.39 is 0 Å². The lowest BCUT2D eigenvalue weighted by molar-refractivity contribution is 0.668. The monoisotopic (exact) mass is 237 g/mol. The van der Waals surface area contributed by atoms with Crippen LogP contribution in [0.15, 0.2) is 54.7 Å². The molecule has 0 fully saturated rings. The van der Waals surface area contributed by atoms with Gasteiger partial charge >= 0.3 is 0 Å². The third-order valence-corrected chi connectivity index (χ3v) is 3.04. The summed E-state index contributed by atoms with van der Waals surface area (Å²) < 4.78 is 1.94. The highest BCUT2D eigenvalue weighted by atomic mass is 15.3. The van der Waals surface area contributed by atoms with Gasteiger partial charge in [-0.1, -0.05) is 30.3 Å². The fourth-order valence-electron chi connectivity index (χ4n) is 2.11. The number of hydrogen-bond donors (Lipinski definition) is 1. The molecule has 1 aromatic heterocycles. The van der Waals surface area contributed by atoms with Gasteiger partial charge in [0.1, 0.15) is 5.82 Å². The highest BCUT2D eigenvalue weighted by Gasteiger charge is 2.01. The number of rotatable bonds is 3. The first-order valence-electron chi connectivity index (χ1n) is 6.14. The van der Waals surface area contributed by atoms with Gasteiger partial charge in [0, 0.05) is 18.3 Å². The van der Waals surface area contributed by atoms with Gasteiger partial charge in [0.25, 0.3) is 0 Å². The van der Waals surface area contributed by atoms with Crippen LogP contribution in [0.5, 0.6) is 0 Å². The molecule has 3 aromatic rings. The molecule has 3 rings (SSSR count). The first-order valence-corrected chi connectivity index (χ1v) is 6.14. The van der Waals surface area contributed by atoms with Gasteiger partial charge in [-0.25, -0.2) is 4.68 Å². The zero-order valence-corrected chi connectivity index (χ0v) is 10.3. The number of aromatic nitrogens is 2. The van der Waals surface area contributed by atoms with E-state index in [1.165, 1.54) is 10.8 Å². The van der Waals surface area contributed by atoms with Crippen LogP contribution in [0, 0.1) is 0 Å². The second kappa shape index (κ2) is 4.53. The van der Waals surface area contributed by atoms with Crippen LogP contribution >= 0.6 is 0 Å². The van der Waals surface area contributed by atoms with Crippen LogP contribution in [-0.2, 0) is 6.54 Å². The molecule has 1 N–H and O–H groups in total. The fourth-order valence-corrected chi connectivity index (χ4v) is 2.11. The molecule has 3 heteroatoms. The molecule has 0 atom stereocenters. The van der Waals surface area contributed by atoms with Crippen molar-refractivity contribution in [2.24, 2.45) is 0 Å². The summed E-state index contributed by atoms with van der Waals surface area (Å²) in [6.07, 6.45) is 1.81. The number of benzene rings is 2. The summed E-state index contributed by atoms with van der Waals surface area (Å²) in [5.74, 6) is 1.02. The Balaban J connectivity index is 1.95. The molecule has 0 amide bonds. The van der Waals surface area contributed by atoms with Crippen LogP contribution in [0.1, 0.15) is 6.92 Å². The largest absolute Gasteiger partial charge is 0.340 e. The van der Waals surface area contributed by atoms with Crippen LogP contribution in [-0.4, -0.2) is 9.78 Å². The van der Waals surface area contributed by atoms with Crippen molar-refractivity contribution < 1.29 is 0 Å². The SMILES string of the molecule is CCn1nccc1Nc1ccc2ccccc2c1. The third kappa shape index (κ3) is 1.95.